The number of esters is 1. The first kappa shape index (κ1) is 28.8. The second-order valence-corrected chi connectivity index (χ2v) is 10.4. The van der Waals surface area contributed by atoms with Crippen molar-refractivity contribution in [2.24, 2.45) is 0 Å². The number of alkyl halides is 3. The quantitative estimate of drug-likeness (QED) is 0.179. The van der Waals surface area contributed by atoms with Crippen LogP contribution in [0.1, 0.15) is 51.7 Å². The first-order valence-corrected chi connectivity index (χ1v) is 13.3. The number of nitrogens with zero attached hydrogens (tertiary/aromatic N) is 3. The van der Waals surface area contributed by atoms with E-state index in [1.807, 2.05) is 0 Å². The molecule has 0 radical (unpaired) electrons. The average Bonchev–Trinajstić information content (AvgIpc) is 3.71. The van der Waals surface area contributed by atoms with Crippen LogP contribution in [0, 0.1) is 0 Å². The van der Waals surface area contributed by atoms with Crippen LogP contribution in [-0.4, -0.2) is 30.3 Å². The zero-order valence-corrected chi connectivity index (χ0v) is 23.5. The fourth-order valence-corrected chi connectivity index (χ4v) is 5.08. The number of benzene rings is 2. The number of aromatic nitrogens is 2. The molecule has 4 aromatic rings. The Balaban J connectivity index is 1.41. The smallest absolute Gasteiger partial charge is 0.435 e. The van der Waals surface area contributed by atoms with E-state index in [2.05, 4.69) is 10.1 Å². The molecular weight excluding hydrogens is 582 g/mol. The molecule has 0 aliphatic heterocycles. The third-order valence-electron chi connectivity index (χ3n) is 6.63. The van der Waals surface area contributed by atoms with Crippen molar-refractivity contribution in [1.29, 1.82) is 0 Å². The summed E-state index contributed by atoms with van der Waals surface area (Å²) in [6, 6.07) is 14.2. The highest BCUT2D eigenvalue weighted by Crippen LogP contribution is 2.46. The third-order valence-corrected chi connectivity index (χ3v) is 7.26. The molecule has 41 heavy (non-hydrogen) atoms. The van der Waals surface area contributed by atoms with Crippen LogP contribution in [0.4, 0.5) is 18.9 Å². The second kappa shape index (κ2) is 11.6. The van der Waals surface area contributed by atoms with Crippen LogP contribution >= 0.6 is 23.2 Å². The second-order valence-electron chi connectivity index (χ2n) is 9.60. The lowest BCUT2D eigenvalue weighted by molar-refractivity contribution is -0.140. The van der Waals surface area contributed by atoms with Crippen molar-refractivity contribution in [3.05, 3.63) is 92.8 Å². The number of carbonyl (C=O) groups excluding carboxylic acids is 1. The predicted molar refractivity (Wildman–Crippen MR) is 147 cm³/mol. The number of ether oxygens (including phenoxy) is 2. The average molecular weight is 606 g/mol. The van der Waals surface area contributed by atoms with Crippen molar-refractivity contribution in [2.75, 3.05) is 19.1 Å². The Labute approximate surface area is 243 Å². The van der Waals surface area contributed by atoms with Crippen LogP contribution < -0.4 is 9.64 Å². The van der Waals surface area contributed by atoms with E-state index >= 15 is 0 Å². The van der Waals surface area contributed by atoms with Crippen LogP contribution in [0.15, 0.2) is 59.1 Å². The minimum atomic E-state index is -4.76. The number of pyridine rings is 1. The fourth-order valence-electron chi connectivity index (χ4n) is 4.50. The van der Waals surface area contributed by atoms with E-state index < -0.39 is 17.8 Å². The Morgan fingerprint density at radius 2 is 1.80 bits per heavy atom. The molecule has 0 atom stereocenters. The number of hydrogen-bond acceptors (Lipinski definition) is 7. The van der Waals surface area contributed by atoms with Gasteiger partial charge in [-0.1, -0.05) is 46.6 Å². The lowest BCUT2D eigenvalue weighted by atomic mass is 10.0. The highest BCUT2D eigenvalue weighted by Gasteiger charge is 2.38. The molecule has 1 aliphatic rings. The summed E-state index contributed by atoms with van der Waals surface area (Å²) in [6.45, 7) is -0.0603. The van der Waals surface area contributed by atoms with Gasteiger partial charge in [-0.15, -0.1) is 0 Å². The lowest BCUT2D eigenvalue weighted by Gasteiger charge is -2.23. The van der Waals surface area contributed by atoms with Crippen molar-refractivity contribution < 1.29 is 32.0 Å². The van der Waals surface area contributed by atoms with Crippen LogP contribution in [0.3, 0.4) is 0 Å². The summed E-state index contributed by atoms with van der Waals surface area (Å²) < 4.78 is 58.6. The number of hydrogen-bond donors (Lipinski definition) is 0. The highest BCUT2D eigenvalue weighted by atomic mass is 35.5. The Bertz CT molecular complexity index is 1570. The van der Waals surface area contributed by atoms with Crippen molar-refractivity contribution in [3.63, 3.8) is 0 Å². The zero-order chi connectivity index (χ0) is 29.3. The molecule has 2 heterocycles. The molecule has 1 aliphatic carbocycles. The van der Waals surface area contributed by atoms with Gasteiger partial charge in [0, 0.05) is 31.1 Å². The van der Waals surface area contributed by atoms with Crippen LogP contribution in [0.25, 0.3) is 11.3 Å². The molecule has 1 saturated carbocycles. The van der Waals surface area contributed by atoms with E-state index in [1.165, 1.54) is 31.2 Å². The summed E-state index contributed by atoms with van der Waals surface area (Å²) in [6.07, 6.45) is -2.96. The van der Waals surface area contributed by atoms with Gasteiger partial charge in [0.1, 0.15) is 18.1 Å². The molecule has 1 fully saturated rings. The first-order chi connectivity index (χ1) is 19.6. The van der Waals surface area contributed by atoms with Crippen molar-refractivity contribution in [2.45, 2.75) is 38.1 Å². The monoisotopic (exact) mass is 605 g/mol. The van der Waals surface area contributed by atoms with E-state index in [0.717, 1.165) is 12.8 Å². The summed E-state index contributed by atoms with van der Waals surface area (Å²) in [7, 11) is 2.77. The number of carbonyl (C=O) groups is 1. The minimum absolute atomic E-state index is 0.0865. The molecule has 7 nitrogen and oxygen atoms in total. The van der Waals surface area contributed by atoms with Crippen LogP contribution in [0.2, 0.25) is 10.0 Å². The van der Waals surface area contributed by atoms with Gasteiger partial charge in [0.25, 0.3) is 0 Å². The standard InChI is InChI=1S/C29H24Cl2F3N3O4/c1-37(14-16-5-3-6-18(13-16)28(38)39-2)22-11-12-23(35-27(22)29(32,33)34)40-15-19-25(36-41-26(19)17-9-10-17)24-20(30)7-4-8-21(24)31/h3-8,11-13,17H,9-10,14-15H2,1-2H3. The summed E-state index contributed by atoms with van der Waals surface area (Å²) in [4.78, 5) is 17.1. The lowest BCUT2D eigenvalue weighted by Crippen LogP contribution is -2.22. The van der Waals surface area contributed by atoms with Gasteiger partial charge < -0.3 is 18.9 Å². The molecule has 0 unspecified atom stereocenters. The number of anilines is 1. The molecule has 214 valence electrons. The molecule has 0 amide bonds. The zero-order valence-electron chi connectivity index (χ0n) is 22.0. The molecule has 12 heteroatoms. The molecule has 0 spiro atoms. The van der Waals surface area contributed by atoms with Gasteiger partial charge in [-0.3, -0.25) is 0 Å². The molecule has 2 aromatic heterocycles. The number of methoxy groups -OCH3 is 1. The maximum Gasteiger partial charge on any atom is 0.435 e. The predicted octanol–water partition coefficient (Wildman–Crippen LogP) is 7.94. The van der Waals surface area contributed by atoms with Crippen molar-refractivity contribution >= 4 is 34.9 Å². The van der Waals surface area contributed by atoms with Gasteiger partial charge in [-0.25, -0.2) is 9.78 Å². The molecule has 0 bridgehead atoms. The highest BCUT2D eigenvalue weighted by molar-refractivity contribution is 6.39. The number of halogens is 5. The fraction of sp³-hybridized carbons (Fsp3) is 0.276. The summed E-state index contributed by atoms with van der Waals surface area (Å²) in [5.41, 5.74) is 1.06. The topological polar surface area (TPSA) is 77.7 Å². The van der Waals surface area contributed by atoms with Crippen LogP contribution in [-0.2, 0) is 24.1 Å². The third kappa shape index (κ3) is 6.28. The Hall–Kier alpha value is -3.76. The molecule has 5 rings (SSSR count). The Morgan fingerprint density at radius 3 is 2.46 bits per heavy atom. The van der Waals surface area contributed by atoms with Gasteiger partial charge in [0.15, 0.2) is 5.69 Å². The molecular formula is C29H24Cl2F3N3O4. The van der Waals surface area contributed by atoms with E-state index in [1.54, 1.807) is 42.5 Å². The molecule has 0 N–H and O–H groups in total. The Kier molecular flexibility index (Phi) is 8.15. The molecule has 2 aromatic carbocycles. The van der Waals surface area contributed by atoms with E-state index in [4.69, 9.17) is 37.2 Å². The van der Waals surface area contributed by atoms with Gasteiger partial charge in [-0.05, 0) is 48.7 Å². The minimum Gasteiger partial charge on any atom is -0.473 e. The number of rotatable bonds is 9. The Morgan fingerprint density at radius 1 is 1.10 bits per heavy atom. The van der Waals surface area contributed by atoms with Gasteiger partial charge in [0.05, 0.1) is 34.0 Å². The van der Waals surface area contributed by atoms with E-state index in [0.29, 0.717) is 43.8 Å². The summed E-state index contributed by atoms with van der Waals surface area (Å²) >= 11 is 12.8. The van der Waals surface area contributed by atoms with E-state index in [-0.39, 0.29) is 30.6 Å². The normalized spacial score (nSPS) is 13.2. The maximum absolute atomic E-state index is 14.1. The maximum atomic E-state index is 14.1. The first-order valence-electron chi connectivity index (χ1n) is 12.6. The van der Waals surface area contributed by atoms with Gasteiger partial charge >= 0.3 is 12.1 Å². The summed E-state index contributed by atoms with van der Waals surface area (Å²) in [5.74, 6) is -0.0197. The SMILES string of the molecule is COC(=O)c1cccc(CN(C)c2ccc(OCc3c(-c4c(Cl)cccc4Cl)noc3C3CC3)nc2C(F)(F)F)c1. The molecule has 0 saturated heterocycles. The van der Waals surface area contributed by atoms with Gasteiger partial charge in [-0.2, -0.15) is 13.2 Å². The van der Waals surface area contributed by atoms with Gasteiger partial charge in [0.2, 0.25) is 5.88 Å². The van der Waals surface area contributed by atoms with Crippen molar-refractivity contribution in [1.82, 2.24) is 10.1 Å². The van der Waals surface area contributed by atoms with Crippen LogP contribution in [0.5, 0.6) is 5.88 Å². The van der Waals surface area contributed by atoms with E-state index in [9.17, 15) is 18.0 Å². The van der Waals surface area contributed by atoms with Crippen molar-refractivity contribution in [3.8, 4) is 17.1 Å². The largest absolute Gasteiger partial charge is 0.473 e. The summed E-state index contributed by atoms with van der Waals surface area (Å²) in [5, 5.41) is 4.89.